The molecule has 0 aliphatic heterocycles. The number of aromatic nitrogens is 2. The Labute approximate surface area is 118 Å². The lowest BCUT2D eigenvalue weighted by atomic mass is 10.4. The van der Waals surface area contributed by atoms with Crippen LogP contribution in [0.5, 0.6) is 0 Å². The quantitative estimate of drug-likeness (QED) is 0.771. The number of nitrogens with zero attached hydrogens (tertiary/aromatic N) is 3. The van der Waals surface area contributed by atoms with Gasteiger partial charge in [0.1, 0.15) is 22.4 Å². The molecule has 1 aromatic rings. The van der Waals surface area contributed by atoms with Crippen molar-refractivity contribution in [2.75, 3.05) is 43.9 Å². The van der Waals surface area contributed by atoms with E-state index in [-0.39, 0.29) is 0 Å². The third-order valence-electron chi connectivity index (χ3n) is 2.66. The Kier molecular flexibility index (Phi) is 6.97. The summed E-state index contributed by atoms with van der Waals surface area (Å²) in [5.74, 6) is 1.69. The highest BCUT2D eigenvalue weighted by atomic mass is 79.9. The van der Waals surface area contributed by atoms with Crippen molar-refractivity contribution >= 4 is 27.6 Å². The van der Waals surface area contributed by atoms with Crippen molar-refractivity contribution in [2.24, 2.45) is 0 Å². The summed E-state index contributed by atoms with van der Waals surface area (Å²) in [6.45, 7) is 8.09. The first-order valence-electron chi connectivity index (χ1n) is 6.35. The fourth-order valence-corrected chi connectivity index (χ4v) is 1.87. The van der Waals surface area contributed by atoms with Crippen LogP contribution in [0.15, 0.2) is 10.8 Å². The molecular weight excluding hydrogens is 294 g/mol. The van der Waals surface area contributed by atoms with Gasteiger partial charge in [-0.2, -0.15) is 0 Å². The van der Waals surface area contributed by atoms with E-state index in [0.29, 0.717) is 0 Å². The number of likely N-dealkylation sites (N-methyl/N-ethyl adjacent to an activating group) is 1. The highest BCUT2D eigenvalue weighted by Gasteiger charge is 2.07. The summed E-state index contributed by atoms with van der Waals surface area (Å²) in [6, 6.07) is 0. The largest absolute Gasteiger partial charge is 0.369 e. The van der Waals surface area contributed by atoms with Crippen molar-refractivity contribution < 1.29 is 0 Å². The molecule has 0 aromatic carbocycles. The summed E-state index contributed by atoms with van der Waals surface area (Å²) in [5, 5.41) is 6.58. The first kappa shape index (κ1) is 15.2. The monoisotopic (exact) mass is 315 g/mol. The molecule has 0 fully saturated rings. The highest BCUT2D eigenvalue weighted by Crippen LogP contribution is 2.26. The van der Waals surface area contributed by atoms with Crippen LogP contribution < -0.4 is 10.6 Å². The number of anilines is 2. The SMILES string of the molecule is CCCNc1ncnc(NCCN(C)CC)c1Br. The van der Waals surface area contributed by atoms with E-state index >= 15 is 0 Å². The van der Waals surface area contributed by atoms with Crippen LogP contribution in [0.25, 0.3) is 0 Å². The zero-order valence-corrected chi connectivity index (χ0v) is 12.9. The Morgan fingerprint density at radius 1 is 1.17 bits per heavy atom. The van der Waals surface area contributed by atoms with Gasteiger partial charge >= 0.3 is 0 Å². The van der Waals surface area contributed by atoms with Gasteiger partial charge in [-0.25, -0.2) is 9.97 Å². The molecule has 0 radical (unpaired) electrons. The molecule has 0 atom stereocenters. The first-order chi connectivity index (χ1) is 8.69. The lowest BCUT2D eigenvalue weighted by Crippen LogP contribution is -2.25. The normalized spacial score (nSPS) is 10.7. The van der Waals surface area contributed by atoms with Gasteiger partial charge < -0.3 is 15.5 Å². The Balaban J connectivity index is 2.54. The van der Waals surface area contributed by atoms with Gasteiger partial charge in [-0.15, -0.1) is 0 Å². The van der Waals surface area contributed by atoms with Crippen LogP contribution in [0.4, 0.5) is 11.6 Å². The highest BCUT2D eigenvalue weighted by molar-refractivity contribution is 9.10. The maximum Gasteiger partial charge on any atom is 0.145 e. The van der Waals surface area contributed by atoms with Gasteiger partial charge in [0, 0.05) is 19.6 Å². The average Bonchev–Trinajstić information content (AvgIpc) is 2.39. The molecule has 1 heterocycles. The predicted molar refractivity (Wildman–Crippen MR) is 80.2 cm³/mol. The first-order valence-corrected chi connectivity index (χ1v) is 7.15. The lowest BCUT2D eigenvalue weighted by molar-refractivity contribution is 0.367. The third kappa shape index (κ3) is 4.78. The minimum absolute atomic E-state index is 0.841. The zero-order chi connectivity index (χ0) is 13.4. The maximum absolute atomic E-state index is 4.24. The Bertz CT molecular complexity index is 358. The number of halogens is 1. The van der Waals surface area contributed by atoms with E-state index in [4.69, 9.17) is 0 Å². The van der Waals surface area contributed by atoms with Gasteiger partial charge in [0.05, 0.1) is 0 Å². The van der Waals surface area contributed by atoms with Crippen LogP contribution >= 0.6 is 15.9 Å². The summed E-state index contributed by atoms with van der Waals surface area (Å²) in [5.41, 5.74) is 0. The summed E-state index contributed by atoms with van der Waals surface area (Å²) >= 11 is 3.53. The molecule has 1 rings (SSSR count). The second kappa shape index (κ2) is 8.26. The molecule has 0 spiro atoms. The Morgan fingerprint density at radius 3 is 2.33 bits per heavy atom. The molecule has 18 heavy (non-hydrogen) atoms. The van der Waals surface area contributed by atoms with E-state index in [2.05, 4.69) is 62.3 Å². The van der Waals surface area contributed by atoms with Gasteiger partial charge in [0.25, 0.3) is 0 Å². The predicted octanol–water partition coefficient (Wildman–Crippen LogP) is 2.42. The molecule has 0 saturated carbocycles. The summed E-state index contributed by atoms with van der Waals surface area (Å²) in [7, 11) is 2.10. The van der Waals surface area contributed by atoms with Crippen LogP contribution in [-0.4, -0.2) is 48.1 Å². The number of rotatable bonds is 8. The molecule has 102 valence electrons. The van der Waals surface area contributed by atoms with Crippen molar-refractivity contribution in [3.63, 3.8) is 0 Å². The van der Waals surface area contributed by atoms with Gasteiger partial charge in [-0.05, 0) is 35.9 Å². The van der Waals surface area contributed by atoms with Gasteiger partial charge in [0.2, 0.25) is 0 Å². The minimum Gasteiger partial charge on any atom is -0.369 e. The smallest absolute Gasteiger partial charge is 0.145 e. The molecule has 6 heteroatoms. The van der Waals surface area contributed by atoms with E-state index in [1.807, 2.05) is 0 Å². The minimum atomic E-state index is 0.841. The molecule has 0 aliphatic carbocycles. The molecule has 0 amide bonds. The van der Waals surface area contributed by atoms with Crippen molar-refractivity contribution in [2.45, 2.75) is 20.3 Å². The average molecular weight is 316 g/mol. The van der Waals surface area contributed by atoms with Gasteiger partial charge in [-0.3, -0.25) is 0 Å². The molecule has 5 nitrogen and oxygen atoms in total. The second-order valence-corrected chi connectivity index (χ2v) is 4.93. The zero-order valence-electron chi connectivity index (χ0n) is 11.3. The van der Waals surface area contributed by atoms with Crippen LogP contribution in [-0.2, 0) is 0 Å². The van der Waals surface area contributed by atoms with Crippen LogP contribution in [0.2, 0.25) is 0 Å². The molecule has 0 bridgehead atoms. The summed E-state index contributed by atoms with van der Waals surface area (Å²) < 4.78 is 0.901. The van der Waals surface area contributed by atoms with E-state index in [1.165, 1.54) is 0 Å². The Morgan fingerprint density at radius 2 is 1.78 bits per heavy atom. The van der Waals surface area contributed by atoms with Crippen LogP contribution in [0.1, 0.15) is 20.3 Å². The standard InChI is InChI=1S/C12H22BrN5/c1-4-6-14-11-10(13)12(17-9-16-11)15-7-8-18(3)5-2/h9H,4-8H2,1-3H3,(H2,14,15,16,17). The summed E-state index contributed by atoms with van der Waals surface area (Å²) in [6.07, 6.45) is 2.65. The molecule has 1 aromatic heterocycles. The second-order valence-electron chi connectivity index (χ2n) is 4.13. The van der Waals surface area contributed by atoms with Gasteiger partial charge in [-0.1, -0.05) is 13.8 Å². The van der Waals surface area contributed by atoms with E-state index in [9.17, 15) is 0 Å². The number of hydrogen-bond donors (Lipinski definition) is 2. The fraction of sp³-hybridized carbons (Fsp3) is 0.667. The summed E-state index contributed by atoms with van der Waals surface area (Å²) in [4.78, 5) is 10.7. The molecule has 2 N–H and O–H groups in total. The maximum atomic E-state index is 4.24. The number of hydrogen-bond acceptors (Lipinski definition) is 5. The van der Waals surface area contributed by atoms with Crippen LogP contribution in [0.3, 0.4) is 0 Å². The van der Waals surface area contributed by atoms with Gasteiger partial charge in [0.15, 0.2) is 0 Å². The van der Waals surface area contributed by atoms with E-state index in [0.717, 1.165) is 48.7 Å². The van der Waals surface area contributed by atoms with E-state index < -0.39 is 0 Å². The van der Waals surface area contributed by atoms with Crippen LogP contribution in [0, 0.1) is 0 Å². The topological polar surface area (TPSA) is 53.1 Å². The Hall–Kier alpha value is -0.880. The fourth-order valence-electron chi connectivity index (χ4n) is 1.38. The van der Waals surface area contributed by atoms with E-state index in [1.54, 1.807) is 6.33 Å². The lowest BCUT2D eigenvalue weighted by Gasteiger charge is -2.15. The van der Waals surface area contributed by atoms with Crippen molar-refractivity contribution in [1.29, 1.82) is 0 Å². The van der Waals surface area contributed by atoms with Crippen molar-refractivity contribution in [3.05, 3.63) is 10.8 Å². The number of nitrogens with one attached hydrogen (secondary N) is 2. The molecule has 0 unspecified atom stereocenters. The molecule has 0 saturated heterocycles. The molecular formula is C12H22BrN5. The van der Waals surface area contributed by atoms with Crippen molar-refractivity contribution in [3.8, 4) is 0 Å². The van der Waals surface area contributed by atoms with Crippen molar-refractivity contribution in [1.82, 2.24) is 14.9 Å². The third-order valence-corrected chi connectivity index (χ3v) is 3.41. The molecule has 0 aliphatic rings.